The number of nitrogens with two attached hydrogens (primary N) is 1. The van der Waals surface area contributed by atoms with Crippen LogP contribution in [0.3, 0.4) is 0 Å². The molecule has 5 rings (SSSR count). The number of nitrogens with zero attached hydrogens (tertiary/aromatic N) is 5. The third-order valence-electron chi connectivity index (χ3n) is 5.46. The van der Waals surface area contributed by atoms with Gasteiger partial charge in [-0.1, -0.05) is 0 Å². The smallest absolute Gasteiger partial charge is 0.434 e. The van der Waals surface area contributed by atoms with Gasteiger partial charge in [0.15, 0.2) is 23.1 Å². The number of ether oxygens (including phenoxy) is 1. The number of amides is 1. The van der Waals surface area contributed by atoms with E-state index in [4.69, 9.17) is 10.5 Å². The third kappa shape index (κ3) is 4.77. The minimum Gasteiger partial charge on any atom is -0.451 e. The molecule has 14 heteroatoms. The molecule has 1 fully saturated rings. The molecule has 0 radical (unpaired) electrons. The first-order valence-electron chi connectivity index (χ1n) is 10.8. The molecule has 1 saturated carbocycles. The van der Waals surface area contributed by atoms with Crippen molar-refractivity contribution in [3.63, 3.8) is 0 Å². The maximum absolute atomic E-state index is 14.8. The predicted molar refractivity (Wildman–Crippen MR) is 119 cm³/mol. The molecule has 37 heavy (non-hydrogen) atoms. The molecule has 4 aromatic rings. The van der Waals surface area contributed by atoms with Gasteiger partial charge in [-0.15, -0.1) is 0 Å². The molecule has 0 bridgehead atoms. The molecular formula is C23H16F5N7O2. The van der Waals surface area contributed by atoms with Crippen LogP contribution in [0.25, 0.3) is 5.95 Å². The van der Waals surface area contributed by atoms with Gasteiger partial charge in [-0.3, -0.25) is 4.79 Å². The van der Waals surface area contributed by atoms with E-state index in [0.717, 1.165) is 25.0 Å². The van der Waals surface area contributed by atoms with Crippen LogP contribution < -0.4 is 15.8 Å². The maximum Gasteiger partial charge on any atom is 0.434 e. The number of alkyl halides is 3. The van der Waals surface area contributed by atoms with Gasteiger partial charge in [-0.25, -0.2) is 23.7 Å². The monoisotopic (exact) mass is 517 g/mol. The lowest BCUT2D eigenvalue weighted by Gasteiger charge is -2.15. The van der Waals surface area contributed by atoms with Crippen molar-refractivity contribution in [3.8, 4) is 17.4 Å². The summed E-state index contributed by atoms with van der Waals surface area (Å²) in [5, 5.41) is 5.63. The predicted octanol–water partition coefficient (Wildman–Crippen LogP) is 4.86. The minimum atomic E-state index is -5.03. The Morgan fingerprint density at radius 2 is 1.76 bits per heavy atom. The Kier molecular flexibility index (Phi) is 5.93. The summed E-state index contributed by atoms with van der Waals surface area (Å²) in [6, 6.07) is 4.25. The first-order chi connectivity index (χ1) is 17.6. The van der Waals surface area contributed by atoms with Gasteiger partial charge in [0.25, 0.3) is 11.9 Å². The number of nitrogens with one attached hydrogen (secondary N) is 1. The SMILES string of the molecule is Nc1nccc(Oc2c(F)cc(NC(=O)c3cnn(-c4ncccn4)c3C(F)(F)F)cc2F)c1C1CC1. The molecule has 1 aromatic carbocycles. The van der Waals surface area contributed by atoms with Crippen molar-refractivity contribution in [2.24, 2.45) is 0 Å². The third-order valence-corrected chi connectivity index (χ3v) is 5.46. The number of aromatic nitrogens is 5. The van der Waals surface area contributed by atoms with Crippen molar-refractivity contribution in [1.82, 2.24) is 24.7 Å². The number of nitrogen functional groups attached to an aromatic ring is 1. The van der Waals surface area contributed by atoms with Crippen molar-refractivity contribution in [2.75, 3.05) is 11.1 Å². The number of halogens is 5. The van der Waals surface area contributed by atoms with Gasteiger partial charge in [-0.05, 0) is 30.9 Å². The van der Waals surface area contributed by atoms with Crippen molar-refractivity contribution in [1.29, 1.82) is 0 Å². The Morgan fingerprint density at radius 3 is 2.38 bits per heavy atom. The zero-order chi connectivity index (χ0) is 26.3. The molecule has 0 atom stereocenters. The first kappa shape index (κ1) is 24.1. The zero-order valence-corrected chi connectivity index (χ0v) is 18.6. The molecule has 3 aromatic heterocycles. The topological polar surface area (TPSA) is 121 Å². The number of rotatable bonds is 6. The molecule has 1 aliphatic rings. The fourth-order valence-corrected chi connectivity index (χ4v) is 3.72. The molecular weight excluding hydrogens is 501 g/mol. The highest BCUT2D eigenvalue weighted by molar-refractivity contribution is 6.05. The summed E-state index contributed by atoms with van der Waals surface area (Å²) in [7, 11) is 0. The highest BCUT2D eigenvalue weighted by atomic mass is 19.4. The minimum absolute atomic E-state index is 0.0680. The second kappa shape index (κ2) is 9.11. The Morgan fingerprint density at radius 1 is 1.08 bits per heavy atom. The highest BCUT2D eigenvalue weighted by Crippen LogP contribution is 2.47. The number of hydrogen-bond donors (Lipinski definition) is 2. The maximum atomic E-state index is 14.8. The number of anilines is 2. The Labute approximate surface area is 205 Å². The number of pyridine rings is 1. The summed E-state index contributed by atoms with van der Waals surface area (Å²) in [6.45, 7) is 0. The summed E-state index contributed by atoms with van der Waals surface area (Å²) < 4.78 is 76.8. The lowest BCUT2D eigenvalue weighted by molar-refractivity contribution is -0.143. The van der Waals surface area contributed by atoms with Gasteiger partial charge in [0.1, 0.15) is 11.6 Å². The van der Waals surface area contributed by atoms with Crippen LogP contribution in [0.15, 0.2) is 49.1 Å². The van der Waals surface area contributed by atoms with E-state index in [1.807, 2.05) is 0 Å². The van der Waals surface area contributed by atoms with Crippen molar-refractivity contribution < 1.29 is 31.5 Å². The number of carbonyl (C=O) groups is 1. The summed E-state index contributed by atoms with van der Waals surface area (Å²) in [5.41, 5.74) is 3.62. The summed E-state index contributed by atoms with van der Waals surface area (Å²) >= 11 is 0. The molecule has 190 valence electrons. The molecule has 1 aliphatic carbocycles. The van der Waals surface area contributed by atoms with E-state index >= 15 is 0 Å². The molecule has 0 saturated heterocycles. The zero-order valence-electron chi connectivity index (χ0n) is 18.6. The Hall–Kier alpha value is -4.62. The van der Waals surface area contributed by atoms with E-state index in [2.05, 4.69) is 25.4 Å². The quantitative estimate of drug-likeness (QED) is 0.351. The lowest BCUT2D eigenvalue weighted by atomic mass is 10.1. The average molecular weight is 517 g/mol. The van der Waals surface area contributed by atoms with Gasteiger partial charge in [0.2, 0.25) is 0 Å². The fraction of sp³-hybridized carbons (Fsp3) is 0.174. The van der Waals surface area contributed by atoms with Crippen LogP contribution in [0.5, 0.6) is 11.5 Å². The van der Waals surface area contributed by atoms with Crippen LogP contribution in [0.1, 0.15) is 40.4 Å². The van der Waals surface area contributed by atoms with E-state index in [1.165, 1.54) is 30.7 Å². The van der Waals surface area contributed by atoms with Crippen LogP contribution >= 0.6 is 0 Å². The van der Waals surface area contributed by atoms with Gasteiger partial charge < -0.3 is 15.8 Å². The molecule has 3 heterocycles. The second-order valence-corrected chi connectivity index (χ2v) is 8.07. The standard InChI is InChI=1S/C23H16F5N7O2/c24-14-8-12(9-15(25)18(14)37-16-4-7-30-20(29)17(16)11-2-3-11)34-21(36)13-10-33-35(19(13)23(26,27)28)22-31-5-1-6-32-22/h1,4-11H,2-3H2,(H2,29,30)(H,34,36). The van der Waals surface area contributed by atoms with E-state index in [9.17, 15) is 26.7 Å². The van der Waals surface area contributed by atoms with Crippen LogP contribution in [-0.4, -0.2) is 30.6 Å². The fourth-order valence-electron chi connectivity index (χ4n) is 3.72. The van der Waals surface area contributed by atoms with Crippen LogP contribution in [0, 0.1) is 11.6 Å². The molecule has 0 unspecified atom stereocenters. The van der Waals surface area contributed by atoms with E-state index in [0.29, 0.717) is 16.4 Å². The summed E-state index contributed by atoms with van der Waals surface area (Å²) in [6.07, 6.45) is 1.03. The second-order valence-electron chi connectivity index (χ2n) is 8.07. The van der Waals surface area contributed by atoms with E-state index < -0.39 is 52.4 Å². The average Bonchev–Trinajstić information content (AvgIpc) is 3.56. The van der Waals surface area contributed by atoms with Crippen LogP contribution in [0.4, 0.5) is 33.5 Å². The highest BCUT2D eigenvalue weighted by Gasteiger charge is 2.41. The number of benzene rings is 1. The van der Waals surface area contributed by atoms with Gasteiger partial charge in [0, 0.05) is 42.0 Å². The van der Waals surface area contributed by atoms with Crippen molar-refractivity contribution in [3.05, 3.63) is 77.5 Å². The van der Waals surface area contributed by atoms with E-state index in [1.54, 1.807) is 0 Å². The summed E-state index contributed by atoms with van der Waals surface area (Å²) in [4.78, 5) is 24.1. The summed E-state index contributed by atoms with van der Waals surface area (Å²) in [5.74, 6) is -4.50. The first-order valence-corrected chi connectivity index (χ1v) is 10.8. The number of hydrogen-bond acceptors (Lipinski definition) is 7. The Balaban J connectivity index is 1.43. The van der Waals surface area contributed by atoms with Crippen LogP contribution in [-0.2, 0) is 6.18 Å². The lowest BCUT2D eigenvalue weighted by Crippen LogP contribution is -2.21. The van der Waals surface area contributed by atoms with Crippen LogP contribution in [0.2, 0.25) is 0 Å². The van der Waals surface area contributed by atoms with Gasteiger partial charge >= 0.3 is 6.18 Å². The molecule has 1 amide bonds. The molecule has 3 N–H and O–H groups in total. The molecule has 9 nitrogen and oxygen atoms in total. The molecule has 0 aliphatic heterocycles. The normalized spacial score (nSPS) is 13.4. The number of carbonyl (C=O) groups excluding carboxylic acids is 1. The van der Waals surface area contributed by atoms with Gasteiger partial charge in [0.05, 0.1) is 11.8 Å². The molecule has 0 spiro atoms. The van der Waals surface area contributed by atoms with Crippen molar-refractivity contribution in [2.45, 2.75) is 24.9 Å². The van der Waals surface area contributed by atoms with Gasteiger partial charge in [-0.2, -0.15) is 23.0 Å². The van der Waals surface area contributed by atoms with Crippen molar-refractivity contribution >= 4 is 17.4 Å². The largest absolute Gasteiger partial charge is 0.451 e. The Bertz CT molecular complexity index is 1460. The van der Waals surface area contributed by atoms with E-state index in [-0.39, 0.29) is 17.5 Å².